The lowest BCUT2D eigenvalue weighted by molar-refractivity contribution is -0.139. The van der Waals surface area contributed by atoms with Crippen molar-refractivity contribution in [3.8, 4) is 0 Å². The molecular weight excluding hydrogens is 334 g/mol. The molecule has 1 aromatic heterocycles. The van der Waals surface area contributed by atoms with Crippen molar-refractivity contribution in [2.24, 2.45) is 0 Å². The summed E-state index contributed by atoms with van der Waals surface area (Å²) in [5.74, 6) is -0.545. The zero-order chi connectivity index (χ0) is 18.4. The molecule has 0 bridgehead atoms. The first-order chi connectivity index (χ1) is 11.9. The number of aryl methyl sites for hydroxylation is 1. The first-order valence-electron chi connectivity index (χ1n) is 8.07. The summed E-state index contributed by atoms with van der Waals surface area (Å²) >= 11 is 0. The Morgan fingerprint density at radius 3 is 2.92 bits per heavy atom. The van der Waals surface area contributed by atoms with Crippen LogP contribution in [0.4, 0.5) is 8.78 Å². The van der Waals surface area contributed by atoms with E-state index in [1.54, 1.807) is 23.8 Å². The number of alkyl halides is 2. The molecule has 0 aliphatic carbocycles. The summed E-state index contributed by atoms with van der Waals surface area (Å²) in [6.45, 7) is 1.49. The smallest absolute Gasteiger partial charge is 0.261 e. The Morgan fingerprint density at radius 1 is 1.48 bits per heavy atom. The summed E-state index contributed by atoms with van der Waals surface area (Å²) in [5, 5.41) is 0. The third kappa shape index (κ3) is 5.15. The van der Waals surface area contributed by atoms with E-state index in [2.05, 4.69) is 9.97 Å². The number of carbonyl (C=O) groups is 2. The summed E-state index contributed by atoms with van der Waals surface area (Å²) < 4.78 is 28.8. The van der Waals surface area contributed by atoms with Gasteiger partial charge in [0.2, 0.25) is 5.91 Å². The number of amides is 2. The molecule has 9 heteroatoms. The normalized spacial score (nSPS) is 17.6. The zero-order valence-corrected chi connectivity index (χ0v) is 14.3. The largest absolute Gasteiger partial charge is 0.366 e. The topological polar surface area (TPSA) is 75.6 Å². The van der Waals surface area contributed by atoms with Crippen molar-refractivity contribution in [3.63, 3.8) is 0 Å². The fourth-order valence-electron chi connectivity index (χ4n) is 2.78. The van der Waals surface area contributed by atoms with E-state index >= 15 is 0 Å². The molecule has 25 heavy (non-hydrogen) atoms. The van der Waals surface area contributed by atoms with Gasteiger partial charge in [-0.05, 0) is 19.8 Å². The number of aromatic nitrogens is 2. The van der Waals surface area contributed by atoms with Crippen molar-refractivity contribution >= 4 is 11.8 Å². The molecule has 1 saturated heterocycles. The first-order valence-corrected chi connectivity index (χ1v) is 8.07. The molecule has 2 heterocycles. The Morgan fingerprint density at radius 2 is 2.24 bits per heavy atom. The van der Waals surface area contributed by atoms with Gasteiger partial charge in [0.05, 0.1) is 11.3 Å². The van der Waals surface area contributed by atoms with Gasteiger partial charge >= 0.3 is 0 Å². The van der Waals surface area contributed by atoms with E-state index in [9.17, 15) is 18.4 Å². The number of halogens is 2. The highest BCUT2D eigenvalue weighted by molar-refractivity contribution is 5.95. The number of likely N-dealkylation sites (N-methyl/N-ethyl adjacent to an activating group) is 1. The molecule has 1 aliphatic heterocycles. The van der Waals surface area contributed by atoms with E-state index in [1.807, 2.05) is 0 Å². The quantitative estimate of drug-likeness (QED) is 0.764. The highest BCUT2D eigenvalue weighted by atomic mass is 19.3. The summed E-state index contributed by atoms with van der Waals surface area (Å²) in [7, 11) is 1.68. The van der Waals surface area contributed by atoms with E-state index in [0.717, 1.165) is 12.8 Å². The van der Waals surface area contributed by atoms with Gasteiger partial charge in [0.15, 0.2) is 0 Å². The Labute approximate surface area is 145 Å². The van der Waals surface area contributed by atoms with E-state index in [0.29, 0.717) is 24.3 Å². The third-order valence-corrected chi connectivity index (χ3v) is 4.23. The molecule has 0 saturated carbocycles. The highest BCUT2D eigenvalue weighted by Gasteiger charge is 2.29. The monoisotopic (exact) mass is 356 g/mol. The Kier molecular flexibility index (Phi) is 6.74. The summed E-state index contributed by atoms with van der Waals surface area (Å²) in [4.78, 5) is 35.7. The van der Waals surface area contributed by atoms with Crippen LogP contribution in [0.25, 0.3) is 0 Å². The highest BCUT2D eigenvalue weighted by Crippen LogP contribution is 2.18. The molecule has 0 unspecified atom stereocenters. The van der Waals surface area contributed by atoms with Gasteiger partial charge in [-0.1, -0.05) is 0 Å². The maximum atomic E-state index is 12.6. The van der Waals surface area contributed by atoms with E-state index in [1.165, 1.54) is 12.5 Å². The lowest BCUT2D eigenvalue weighted by Crippen LogP contribution is -2.51. The average Bonchev–Trinajstić information content (AvgIpc) is 2.60. The lowest BCUT2D eigenvalue weighted by atomic mass is 10.0. The molecular formula is C16H22F2N4O3. The van der Waals surface area contributed by atoms with Crippen LogP contribution in [0.15, 0.2) is 12.5 Å². The summed E-state index contributed by atoms with van der Waals surface area (Å²) in [6, 6.07) is -0.153. The van der Waals surface area contributed by atoms with Crippen molar-refractivity contribution in [1.29, 1.82) is 0 Å². The predicted octanol–water partition coefficient (Wildman–Crippen LogP) is 1.13. The van der Waals surface area contributed by atoms with Gasteiger partial charge in [-0.25, -0.2) is 18.7 Å². The van der Waals surface area contributed by atoms with Crippen LogP contribution >= 0.6 is 0 Å². The molecule has 1 atom stereocenters. The second-order valence-corrected chi connectivity index (χ2v) is 5.98. The van der Waals surface area contributed by atoms with Crippen LogP contribution in [-0.2, 0) is 9.53 Å². The van der Waals surface area contributed by atoms with E-state index < -0.39 is 13.0 Å². The van der Waals surface area contributed by atoms with Crippen LogP contribution in [0.2, 0.25) is 0 Å². The molecule has 1 aromatic rings. The molecule has 1 aliphatic rings. The number of ether oxygens (including phenoxy) is 1. The van der Waals surface area contributed by atoms with Crippen LogP contribution < -0.4 is 0 Å². The molecule has 1 fully saturated rings. The first kappa shape index (κ1) is 19.2. The fourth-order valence-corrected chi connectivity index (χ4v) is 2.78. The van der Waals surface area contributed by atoms with Crippen LogP contribution in [0.1, 0.15) is 28.9 Å². The number of likely N-dealkylation sites (tertiary alicyclic amines) is 1. The lowest BCUT2D eigenvalue weighted by Gasteiger charge is -2.37. The fraction of sp³-hybridized carbons (Fsp3) is 0.625. The van der Waals surface area contributed by atoms with Crippen molar-refractivity contribution in [3.05, 3.63) is 23.8 Å². The second kappa shape index (κ2) is 8.80. The predicted molar refractivity (Wildman–Crippen MR) is 85.3 cm³/mol. The molecule has 2 amide bonds. The van der Waals surface area contributed by atoms with Gasteiger partial charge in [-0.15, -0.1) is 0 Å². The van der Waals surface area contributed by atoms with Crippen molar-refractivity contribution in [2.75, 3.05) is 33.4 Å². The van der Waals surface area contributed by atoms with Gasteiger partial charge in [0.1, 0.15) is 19.5 Å². The average molecular weight is 356 g/mol. The summed E-state index contributed by atoms with van der Waals surface area (Å²) in [5.41, 5.74) is 1.02. The minimum atomic E-state index is -2.60. The second-order valence-electron chi connectivity index (χ2n) is 5.98. The molecule has 0 radical (unpaired) electrons. The zero-order valence-electron chi connectivity index (χ0n) is 14.3. The molecule has 0 aromatic carbocycles. The molecule has 7 nitrogen and oxygen atoms in total. The number of rotatable bonds is 6. The number of hydrogen-bond acceptors (Lipinski definition) is 5. The minimum absolute atomic E-state index is 0.153. The van der Waals surface area contributed by atoms with Crippen LogP contribution in [0.5, 0.6) is 0 Å². The summed E-state index contributed by atoms with van der Waals surface area (Å²) in [6.07, 6.45) is 1.75. The van der Waals surface area contributed by atoms with Gasteiger partial charge in [-0.2, -0.15) is 0 Å². The minimum Gasteiger partial charge on any atom is -0.366 e. The van der Waals surface area contributed by atoms with Gasteiger partial charge in [0, 0.05) is 32.4 Å². The SMILES string of the molecule is Cc1ncncc1C(=O)N(C)[C@H]1CCCN(C(=O)COCC(F)F)C1. The van der Waals surface area contributed by atoms with Crippen molar-refractivity contribution in [1.82, 2.24) is 19.8 Å². The molecule has 0 spiro atoms. The molecule has 2 rings (SSSR count). The number of hydrogen-bond donors (Lipinski definition) is 0. The third-order valence-electron chi connectivity index (χ3n) is 4.23. The number of nitrogens with zero attached hydrogens (tertiary/aromatic N) is 4. The van der Waals surface area contributed by atoms with Crippen LogP contribution in [0, 0.1) is 6.92 Å². The van der Waals surface area contributed by atoms with Crippen LogP contribution in [-0.4, -0.2) is 77.4 Å². The van der Waals surface area contributed by atoms with Gasteiger partial charge < -0.3 is 14.5 Å². The Balaban J connectivity index is 1.94. The number of piperidine rings is 1. The van der Waals surface area contributed by atoms with Crippen molar-refractivity contribution < 1.29 is 23.1 Å². The van der Waals surface area contributed by atoms with E-state index in [4.69, 9.17) is 4.74 Å². The Hall–Kier alpha value is -2.16. The van der Waals surface area contributed by atoms with Gasteiger partial charge in [-0.3, -0.25) is 9.59 Å². The van der Waals surface area contributed by atoms with Crippen molar-refractivity contribution in [2.45, 2.75) is 32.2 Å². The Bertz CT molecular complexity index is 615. The van der Waals surface area contributed by atoms with Gasteiger partial charge in [0.25, 0.3) is 12.3 Å². The maximum Gasteiger partial charge on any atom is 0.261 e. The standard InChI is InChI=1S/C16H22F2N4O3/c1-11-13(6-19-10-20-11)16(24)21(2)12-4-3-5-22(7-12)15(23)9-25-8-14(17)18/h6,10,12,14H,3-5,7-9H2,1-2H3/t12-/m0/s1. The molecule has 138 valence electrons. The van der Waals surface area contributed by atoms with E-state index in [-0.39, 0.29) is 24.5 Å². The van der Waals surface area contributed by atoms with Crippen LogP contribution in [0.3, 0.4) is 0 Å². The number of carbonyl (C=O) groups excluding carboxylic acids is 2. The molecule has 0 N–H and O–H groups in total. The maximum absolute atomic E-state index is 12.6.